The fourth-order valence-electron chi connectivity index (χ4n) is 0. The van der Waals surface area contributed by atoms with Crippen molar-refractivity contribution in [1.29, 1.82) is 0 Å². The summed E-state index contributed by atoms with van der Waals surface area (Å²) in [6.07, 6.45) is -2.46. The Morgan fingerprint density at radius 1 is 0.929 bits per heavy atom. The van der Waals surface area contributed by atoms with Crippen LogP contribution < -0.4 is 0 Å². The van der Waals surface area contributed by atoms with Crippen molar-refractivity contribution in [2.75, 3.05) is 0 Å². The molecule has 2 unspecified atom stereocenters. The van der Waals surface area contributed by atoms with Crippen LogP contribution in [0, 0.1) is 0 Å². The molecule has 0 heterocycles. The van der Waals surface area contributed by atoms with Gasteiger partial charge in [0.2, 0.25) is 0 Å². The Morgan fingerprint density at radius 3 is 1.00 bits per heavy atom. The Bertz CT molecular complexity index is 142. The molecule has 4 N–H and O–H groups in total. The molecule has 0 radical (unpaired) electrons. The van der Waals surface area contributed by atoms with E-state index in [0.29, 0.717) is 0 Å². The summed E-state index contributed by atoms with van der Waals surface area (Å²) in [6, 6.07) is 0. The first-order valence-electron chi connectivity index (χ1n) is 3.10. The molecule has 0 fully saturated rings. The van der Waals surface area contributed by atoms with Gasteiger partial charge in [0, 0.05) is 19.5 Å². The van der Waals surface area contributed by atoms with Crippen LogP contribution in [0.25, 0.3) is 0 Å². The number of hydrogen-bond acceptors (Lipinski definition) is 4. The van der Waals surface area contributed by atoms with Gasteiger partial charge in [0.1, 0.15) is 12.2 Å². The molecule has 0 aromatic heterocycles. The first-order valence-corrected chi connectivity index (χ1v) is 3.10. The minimum Gasteiger partial charge on any atom is 0 e. The van der Waals surface area contributed by atoms with Crippen LogP contribution in [0.5, 0.6) is 0 Å². The normalized spacial score (nSPS) is 11.7. The molecule has 0 aliphatic heterocycles. The van der Waals surface area contributed by atoms with E-state index < -0.39 is 24.1 Å². The molecule has 2 atom stereocenters. The van der Waals surface area contributed by atoms with E-state index in [1.807, 2.05) is 0 Å². The summed E-state index contributed by atoms with van der Waals surface area (Å²) in [5, 5.41) is 31.5. The van der Waals surface area contributed by atoms with Gasteiger partial charge in [-0.2, -0.15) is 0 Å². The Kier molecular flexibility index (Phi) is 23.7. The molecule has 0 spiro atoms. The number of aliphatic hydroxyl groups is 2. The van der Waals surface area contributed by atoms with Gasteiger partial charge in [0.15, 0.2) is 0 Å². The average molecular weight is 288 g/mol. The number of carbonyl (C=O) groups is 2. The number of aliphatic hydroxyl groups excluding tert-OH is 2. The molecule has 0 aromatic rings. The van der Waals surface area contributed by atoms with E-state index in [0.717, 1.165) is 0 Å². The van der Waals surface area contributed by atoms with E-state index in [1.165, 1.54) is 13.8 Å². The van der Waals surface area contributed by atoms with E-state index in [4.69, 9.17) is 20.4 Å². The van der Waals surface area contributed by atoms with Gasteiger partial charge in [-0.25, -0.2) is 9.59 Å². The SMILES string of the molecule is CC(O)C(=O)O.CC(O)C(=O)O.[CaH2].[Zn]. The first kappa shape index (κ1) is 24.1. The van der Waals surface area contributed by atoms with E-state index in [1.54, 1.807) is 0 Å². The first-order chi connectivity index (χ1) is 5.29. The van der Waals surface area contributed by atoms with Crippen LogP contribution in [-0.2, 0) is 29.1 Å². The second kappa shape index (κ2) is 13.7. The third-order valence-corrected chi connectivity index (χ3v) is 0.715. The zero-order valence-electron chi connectivity index (χ0n) is 7.47. The Hall–Kier alpha value is 0.743. The number of aliphatic carboxylic acids is 2. The third-order valence-electron chi connectivity index (χ3n) is 0.715. The number of carboxylic acid groups (broad SMARTS) is 2. The largest absolute Gasteiger partial charge is 0 e. The van der Waals surface area contributed by atoms with Crippen molar-refractivity contribution in [1.82, 2.24) is 0 Å². The molecule has 0 saturated carbocycles. The summed E-state index contributed by atoms with van der Waals surface area (Å²) in [5.74, 6) is -2.37. The van der Waals surface area contributed by atoms with Crippen LogP contribution in [0.2, 0.25) is 0 Å². The zero-order chi connectivity index (χ0) is 10.3. The monoisotopic (exact) mass is 286 g/mol. The topological polar surface area (TPSA) is 115 Å². The molecule has 6 nitrogen and oxygen atoms in total. The van der Waals surface area contributed by atoms with Crippen molar-refractivity contribution in [3.63, 3.8) is 0 Å². The van der Waals surface area contributed by atoms with Gasteiger partial charge in [-0.1, -0.05) is 0 Å². The fourth-order valence-corrected chi connectivity index (χ4v) is 0. The molecule has 14 heavy (non-hydrogen) atoms. The minimum atomic E-state index is -1.23. The molecule has 0 rings (SSSR count). The van der Waals surface area contributed by atoms with E-state index in [2.05, 4.69) is 0 Å². The molecule has 8 heteroatoms. The summed E-state index contributed by atoms with van der Waals surface area (Å²) in [5.41, 5.74) is 0. The maximum absolute atomic E-state index is 9.45. The van der Waals surface area contributed by atoms with Crippen molar-refractivity contribution in [3.05, 3.63) is 0 Å². The quantitative estimate of drug-likeness (QED) is 0.436. The minimum absolute atomic E-state index is 0. The van der Waals surface area contributed by atoms with Gasteiger partial charge in [0.05, 0.1) is 0 Å². The maximum Gasteiger partial charge on any atom is 0 e. The molecule has 0 bridgehead atoms. The summed E-state index contributed by atoms with van der Waals surface area (Å²) in [4.78, 5) is 18.9. The second-order valence-corrected chi connectivity index (χ2v) is 2.03. The number of carboxylic acids is 2. The van der Waals surface area contributed by atoms with E-state index in [-0.39, 0.29) is 57.2 Å². The van der Waals surface area contributed by atoms with Crippen LogP contribution in [0.1, 0.15) is 13.8 Å². The maximum atomic E-state index is 9.45. The summed E-state index contributed by atoms with van der Waals surface area (Å²) in [7, 11) is 0. The van der Waals surface area contributed by atoms with Crippen molar-refractivity contribution >= 4 is 49.7 Å². The molecular formula is C6H14CaO6Zn. The summed E-state index contributed by atoms with van der Waals surface area (Å²) >= 11 is 0. The summed E-state index contributed by atoms with van der Waals surface area (Å²) in [6.45, 7) is 2.39. The second-order valence-electron chi connectivity index (χ2n) is 2.03. The predicted octanol–water partition coefficient (Wildman–Crippen LogP) is -2.02. The van der Waals surface area contributed by atoms with E-state index >= 15 is 0 Å². The molecule has 78 valence electrons. The van der Waals surface area contributed by atoms with Gasteiger partial charge in [-0.15, -0.1) is 0 Å². The van der Waals surface area contributed by atoms with Gasteiger partial charge in [-0.05, 0) is 13.8 Å². The van der Waals surface area contributed by atoms with Crippen LogP contribution in [0.15, 0.2) is 0 Å². The average Bonchev–Trinajstić information content (AvgIpc) is 1.88. The fraction of sp³-hybridized carbons (Fsp3) is 0.667. The Labute approximate surface area is 124 Å². The predicted molar refractivity (Wildman–Crippen MR) is 47.2 cm³/mol. The molecule has 0 aliphatic carbocycles. The van der Waals surface area contributed by atoms with Gasteiger partial charge < -0.3 is 20.4 Å². The smallest absolute Gasteiger partial charge is 0 e. The molecule has 0 aromatic carbocycles. The zero-order valence-corrected chi connectivity index (χ0v) is 10.4. The third kappa shape index (κ3) is 23.0. The Balaban J connectivity index is -0.0000000625. The number of hydrogen-bond donors (Lipinski definition) is 4. The van der Waals surface area contributed by atoms with E-state index in [9.17, 15) is 9.59 Å². The van der Waals surface area contributed by atoms with Gasteiger partial charge in [-0.3, -0.25) is 0 Å². The van der Waals surface area contributed by atoms with Crippen molar-refractivity contribution in [2.45, 2.75) is 26.1 Å². The van der Waals surface area contributed by atoms with Crippen molar-refractivity contribution in [3.8, 4) is 0 Å². The molecule has 0 saturated heterocycles. The van der Waals surface area contributed by atoms with Crippen LogP contribution in [0.3, 0.4) is 0 Å². The van der Waals surface area contributed by atoms with Crippen molar-refractivity contribution < 1.29 is 49.5 Å². The molecule has 0 aliphatic rings. The summed E-state index contributed by atoms with van der Waals surface area (Å²) < 4.78 is 0. The van der Waals surface area contributed by atoms with Crippen LogP contribution in [-0.4, -0.2) is 82.3 Å². The Morgan fingerprint density at radius 2 is 1.00 bits per heavy atom. The molecular weight excluding hydrogens is 274 g/mol. The standard InChI is InChI=1S/2C3H6O3.Ca.Zn.2H/c2*1-2(4)3(5)6;;;;/h2*2,4H,1H3,(H,5,6);;;;. The molecule has 0 amide bonds. The van der Waals surface area contributed by atoms with Crippen molar-refractivity contribution in [2.24, 2.45) is 0 Å². The van der Waals surface area contributed by atoms with Crippen LogP contribution in [0.4, 0.5) is 0 Å². The van der Waals surface area contributed by atoms with Gasteiger partial charge in [0.25, 0.3) is 0 Å². The van der Waals surface area contributed by atoms with Crippen LogP contribution >= 0.6 is 0 Å². The van der Waals surface area contributed by atoms with Gasteiger partial charge >= 0.3 is 49.7 Å². The number of rotatable bonds is 2.